The van der Waals surface area contributed by atoms with Gasteiger partial charge in [-0.2, -0.15) is 0 Å². The molecule has 5 nitrogen and oxygen atoms in total. The van der Waals surface area contributed by atoms with Crippen molar-refractivity contribution >= 4 is 51.9 Å². The molecule has 0 radical (unpaired) electrons. The van der Waals surface area contributed by atoms with E-state index in [0.717, 1.165) is 19.4 Å². The molecule has 2 aliphatic heterocycles. The zero-order valence-electron chi connectivity index (χ0n) is 18.0. The van der Waals surface area contributed by atoms with Crippen molar-refractivity contribution in [1.82, 2.24) is 4.90 Å². The first kappa shape index (κ1) is 24.0. The minimum atomic E-state index is -0.334. The molecule has 0 aromatic heterocycles. The highest BCUT2D eigenvalue weighted by Crippen LogP contribution is 2.40. The van der Waals surface area contributed by atoms with Crippen LogP contribution in [0.2, 0.25) is 5.02 Å². The summed E-state index contributed by atoms with van der Waals surface area (Å²) in [4.78, 5) is 15.1. The van der Waals surface area contributed by atoms with Gasteiger partial charge in [-0.1, -0.05) is 47.7 Å². The van der Waals surface area contributed by atoms with E-state index in [1.54, 1.807) is 35.2 Å². The minimum Gasteiger partial charge on any atom is -0.490 e. The standard InChI is InChI=1S/C24H23ClFNO4S2/c1-2-29-20-11-16(10-19(25)22(20)31-14-15-5-3-6-17(26)9-15)12-21-23(28)27(24(32)33-21)13-18-7-4-8-30-18/h3,5-6,9-12,18H,2,4,7-8,13-14H2,1H3/b21-12-/t18-/m0/s1. The van der Waals surface area contributed by atoms with E-state index < -0.39 is 0 Å². The maximum absolute atomic E-state index is 13.5. The lowest BCUT2D eigenvalue weighted by molar-refractivity contribution is -0.123. The number of benzene rings is 2. The molecular formula is C24H23ClFNO4S2. The van der Waals surface area contributed by atoms with Gasteiger partial charge >= 0.3 is 0 Å². The summed E-state index contributed by atoms with van der Waals surface area (Å²) in [6.45, 7) is 3.59. The SMILES string of the molecule is CCOc1cc(/C=C2\SC(=S)N(C[C@@H]3CCCO3)C2=O)cc(Cl)c1OCc1cccc(F)c1. The number of hydrogen-bond acceptors (Lipinski definition) is 6. The van der Waals surface area contributed by atoms with Crippen molar-refractivity contribution in [2.45, 2.75) is 32.5 Å². The summed E-state index contributed by atoms with van der Waals surface area (Å²) >= 11 is 13.2. The van der Waals surface area contributed by atoms with Crippen molar-refractivity contribution in [2.75, 3.05) is 19.8 Å². The van der Waals surface area contributed by atoms with Crippen LogP contribution >= 0.6 is 35.6 Å². The topological polar surface area (TPSA) is 48.0 Å². The molecule has 2 aliphatic rings. The molecule has 2 fully saturated rings. The zero-order valence-corrected chi connectivity index (χ0v) is 20.4. The highest BCUT2D eigenvalue weighted by Gasteiger charge is 2.34. The summed E-state index contributed by atoms with van der Waals surface area (Å²) in [5, 5.41) is 0.332. The van der Waals surface area contributed by atoms with Crippen LogP contribution in [0.1, 0.15) is 30.9 Å². The molecular weight excluding hydrogens is 485 g/mol. The lowest BCUT2D eigenvalue weighted by atomic mass is 10.1. The highest BCUT2D eigenvalue weighted by molar-refractivity contribution is 8.26. The van der Waals surface area contributed by atoms with Gasteiger partial charge in [-0.25, -0.2) is 4.39 Å². The minimum absolute atomic E-state index is 0.0281. The second-order valence-electron chi connectivity index (χ2n) is 7.61. The molecule has 1 atom stereocenters. The number of thiocarbonyl (C=S) groups is 1. The summed E-state index contributed by atoms with van der Waals surface area (Å²) < 4.78 is 31.2. The number of thioether (sulfide) groups is 1. The summed E-state index contributed by atoms with van der Waals surface area (Å²) in [7, 11) is 0. The van der Waals surface area contributed by atoms with Crippen LogP contribution in [0.4, 0.5) is 4.39 Å². The van der Waals surface area contributed by atoms with Crippen LogP contribution in [0.3, 0.4) is 0 Å². The molecule has 2 aromatic carbocycles. The van der Waals surface area contributed by atoms with E-state index >= 15 is 0 Å². The highest BCUT2D eigenvalue weighted by atomic mass is 35.5. The number of hydrogen-bond donors (Lipinski definition) is 0. The molecule has 0 aliphatic carbocycles. The van der Waals surface area contributed by atoms with E-state index in [9.17, 15) is 9.18 Å². The number of amides is 1. The van der Waals surface area contributed by atoms with Gasteiger partial charge in [-0.3, -0.25) is 9.69 Å². The zero-order chi connectivity index (χ0) is 23.4. The monoisotopic (exact) mass is 507 g/mol. The van der Waals surface area contributed by atoms with Crippen molar-refractivity contribution in [1.29, 1.82) is 0 Å². The third-order valence-electron chi connectivity index (χ3n) is 5.19. The molecule has 0 bridgehead atoms. The number of carbonyl (C=O) groups is 1. The Hall–Kier alpha value is -2.13. The maximum Gasteiger partial charge on any atom is 0.266 e. The molecule has 2 saturated heterocycles. The fourth-order valence-electron chi connectivity index (χ4n) is 3.66. The number of rotatable bonds is 8. The van der Waals surface area contributed by atoms with Gasteiger partial charge in [0.1, 0.15) is 16.7 Å². The summed E-state index contributed by atoms with van der Waals surface area (Å²) in [6, 6.07) is 9.64. The predicted molar refractivity (Wildman–Crippen MR) is 132 cm³/mol. The Morgan fingerprint density at radius 2 is 2.18 bits per heavy atom. The third-order valence-corrected chi connectivity index (χ3v) is 6.84. The van der Waals surface area contributed by atoms with Crippen molar-refractivity contribution < 1.29 is 23.4 Å². The Labute approximate surface area is 206 Å². The average Bonchev–Trinajstić information content (AvgIpc) is 3.38. The number of carbonyl (C=O) groups excluding carboxylic acids is 1. The number of halogens is 2. The normalized spacial score (nSPS) is 19.5. The molecule has 1 amide bonds. The Morgan fingerprint density at radius 3 is 2.91 bits per heavy atom. The predicted octanol–water partition coefficient (Wildman–Crippen LogP) is 5.84. The summed E-state index contributed by atoms with van der Waals surface area (Å²) in [5.74, 6) is 0.341. The Morgan fingerprint density at radius 1 is 1.33 bits per heavy atom. The summed E-state index contributed by atoms with van der Waals surface area (Å²) in [6.07, 6.45) is 3.71. The van der Waals surface area contributed by atoms with Gasteiger partial charge in [0.05, 0.1) is 29.2 Å². The van der Waals surface area contributed by atoms with Crippen molar-refractivity contribution in [3.63, 3.8) is 0 Å². The van der Waals surface area contributed by atoms with Crippen LogP contribution in [0.25, 0.3) is 6.08 Å². The van der Waals surface area contributed by atoms with E-state index in [1.165, 1.54) is 23.9 Å². The maximum atomic E-state index is 13.5. The van der Waals surface area contributed by atoms with Crippen LogP contribution < -0.4 is 9.47 Å². The Bertz CT molecular complexity index is 1090. The third kappa shape index (κ3) is 5.87. The lowest BCUT2D eigenvalue weighted by Gasteiger charge is -2.18. The van der Waals surface area contributed by atoms with E-state index in [1.807, 2.05) is 6.92 Å². The molecule has 2 heterocycles. The van der Waals surface area contributed by atoms with Crippen molar-refractivity contribution in [2.24, 2.45) is 0 Å². The number of ether oxygens (including phenoxy) is 3. The Balaban J connectivity index is 1.53. The van der Waals surface area contributed by atoms with Crippen LogP contribution in [-0.4, -0.2) is 41.0 Å². The van der Waals surface area contributed by atoms with Gasteiger partial charge in [0.15, 0.2) is 11.5 Å². The second kappa shape index (κ2) is 10.9. The molecule has 0 spiro atoms. The van der Waals surface area contributed by atoms with Crippen LogP contribution in [0, 0.1) is 5.82 Å². The first-order valence-corrected chi connectivity index (χ1v) is 12.3. The molecule has 2 aromatic rings. The van der Waals surface area contributed by atoms with E-state index in [-0.39, 0.29) is 24.4 Å². The van der Waals surface area contributed by atoms with Gasteiger partial charge in [-0.05, 0) is 61.2 Å². The first-order valence-electron chi connectivity index (χ1n) is 10.6. The van der Waals surface area contributed by atoms with E-state index in [0.29, 0.717) is 50.0 Å². The molecule has 33 heavy (non-hydrogen) atoms. The van der Waals surface area contributed by atoms with Crippen molar-refractivity contribution in [3.05, 3.63) is 63.3 Å². The van der Waals surface area contributed by atoms with Crippen LogP contribution in [0.15, 0.2) is 41.3 Å². The van der Waals surface area contributed by atoms with Gasteiger partial charge in [0, 0.05) is 6.61 Å². The molecule has 0 N–H and O–H groups in total. The first-order chi connectivity index (χ1) is 15.9. The molecule has 4 rings (SSSR count). The van der Waals surface area contributed by atoms with E-state index in [4.69, 9.17) is 38.0 Å². The fourth-order valence-corrected chi connectivity index (χ4v) is 5.21. The number of nitrogens with zero attached hydrogens (tertiary/aromatic N) is 1. The quantitative estimate of drug-likeness (QED) is 0.330. The Kier molecular flexibility index (Phi) is 7.90. The van der Waals surface area contributed by atoms with E-state index in [2.05, 4.69) is 0 Å². The van der Waals surface area contributed by atoms with Gasteiger partial charge in [0.25, 0.3) is 5.91 Å². The van der Waals surface area contributed by atoms with Crippen molar-refractivity contribution in [3.8, 4) is 11.5 Å². The molecule has 9 heteroatoms. The molecule has 0 unspecified atom stereocenters. The van der Waals surface area contributed by atoms with Crippen LogP contribution in [-0.2, 0) is 16.1 Å². The van der Waals surface area contributed by atoms with Gasteiger partial charge < -0.3 is 14.2 Å². The van der Waals surface area contributed by atoms with Gasteiger partial charge in [0.2, 0.25) is 0 Å². The van der Waals surface area contributed by atoms with Crippen LogP contribution in [0.5, 0.6) is 11.5 Å². The average molecular weight is 508 g/mol. The smallest absolute Gasteiger partial charge is 0.266 e. The lowest BCUT2D eigenvalue weighted by Crippen LogP contribution is -2.35. The fraction of sp³-hybridized carbons (Fsp3) is 0.333. The second-order valence-corrected chi connectivity index (χ2v) is 9.69. The molecule has 0 saturated carbocycles. The summed E-state index contributed by atoms with van der Waals surface area (Å²) in [5.41, 5.74) is 1.37. The van der Waals surface area contributed by atoms with Gasteiger partial charge in [-0.15, -0.1) is 0 Å². The largest absolute Gasteiger partial charge is 0.490 e. The molecule has 174 valence electrons.